The molecule has 1 heterocycles. The average Bonchev–Trinajstić information content (AvgIpc) is 2.14. The molecule has 52 valence electrons. The number of hydrogen-bond acceptors (Lipinski definition) is 3. The second-order valence-electron chi connectivity index (χ2n) is 2.59. The van der Waals surface area contributed by atoms with Gasteiger partial charge in [0.2, 0.25) is 0 Å². The molecule has 0 spiro atoms. The van der Waals surface area contributed by atoms with Crippen LogP contribution in [0.25, 0.3) is 0 Å². The fourth-order valence-electron chi connectivity index (χ4n) is 0.750. The minimum atomic E-state index is 0.282. The fourth-order valence-corrected chi connectivity index (χ4v) is 0.750. The Bertz CT molecular complexity index is 131. The molecule has 0 saturated carbocycles. The molecular weight excluding hydrogens is 116 g/mol. The smallest absolute Gasteiger partial charge is 0.282 e. The molecule has 9 heavy (non-hydrogen) atoms. The first-order valence-corrected chi connectivity index (χ1v) is 3.16. The molecule has 1 aliphatic heterocycles. The fraction of sp³-hybridized carbons (Fsp3) is 0.833. The molecule has 3 heteroatoms. The third kappa shape index (κ3) is 1.34. The number of amidine groups is 1. The topological polar surface area (TPSA) is 47.6 Å². The maximum Gasteiger partial charge on any atom is 0.282 e. The van der Waals surface area contributed by atoms with Crippen molar-refractivity contribution in [1.82, 2.24) is 0 Å². The van der Waals surface area contributed by atoms with Gasteiger partial charge in [-0.3, -0.25) is 0 Å². The number of rotatable bonds is 1. The molecule has 0 saturated heterocycles. The Kier molecular flexibility index (Phi) is 1.60. The zero-order valence-corrected chi connectivity index (χ0v) is 5.79. The quantitative estimate of drug-likeness (QED) is 0.554. The highest BCUT2D eigenvalue weighted by molar-refractivity contribution is 5.73. The SMILES string of the molecule is CC(C)[C@@H]1COC(N)=N1. The van der Waals surface area contributed by atoms with E-state index in [1.54, 1.807) is 0 Å². The normalized spacial score (nSPS) is 26.1. The zero-order chi connectivity index (χ0) is 6.85. The standard InChI is InChI=1S/C6H12N2O/c1-4(2)5-3-9-6(7)8-5/h4-5H,3H2,1-2H3,(H2,7,8)/t5-/m0/s1. The van der Waals surface area contributed by atoms with E-state index in [9.17, 15) is 0 Å². The average molecular weight is 128 g/mol. The van der Waals surface area contributed by atoms with Crippen molar-refractivity contribution in [3.05, 3.63) is 0 Å². The van der Waals surface area contributed by atoms with Gasteiger partial charge in [-0.2, -0.15) is 0 Å². The Balaban J connectivity index is 2.47. The molecule has 1 rings (SSSR count). The van der Waals surface area contributed by atoms with Crippen molar-refractivity contribution in [2.24, 2.45) is 16.6 Å². The molecule has 1 atom stereocenters. The van der Waals surface area contributed by atoms with Crippen LogP contribution in [-0.4, -0.2) is 18.7 Å². The van der Waals surface area contributed by atoms with E-state index >= 15 is 0 Å². The minimum Gasteiger partial charge on any atom is -0.463 e. The van der Waals surface area contributed by atoms with E-state index in [-0.39, 0.29) is 6.04 Å². The molecule has 0 radical (unpaired) electrons. The van der Waals surface area contributed by atoms with Gasteiger partial charge in [-0.1, -0.05) is 13.8 Å². The van der Waals surface area contributed by atoms with E-state index in [2.05, 4.69) is 18.8 Å². The second kappa shape index (κ2) is 2.25. The Morgan fingerprint density at radius 2 is 2.44 bits per heavy atom. The Labute approximate surface area is 54.9 Å². The summed E-state index contributed by atoms with van der Waals surface area (Å²) in [4.78, 5) is 4.06. The number of hydrogen-bond donors (Lipinski definition) is 1. The summed E-state index contributed by atoms with van der Waals surface area (Å²) in [6, 6.07) is 0.624. The van der Waals surface area contributed by atoms with Gasteiger partial charge in [0.05, 0.1) is 6.04 Å². The molecule has 0 aromatic heterocycles. The maximum absolute atomic E-state index is 5.29. The van der Waals surface area contributed by atoms with Gasteiger partial charge in [0, 0.05) is 0 Å². The Morgan fingerprint density at radius 1 is 1.78 bits per heavy atom. The molecule has 0 unspecified atom stereocenters. The first-order chi connectivity index (χ1) is 4.20. The van der Waals surface area contributed by atoms with E-state index in [1.165, 1.54) is 0 Å². The van der Waals surface area contributed by atoms with E-state index in [1.807, 2.05) is 0 Å². The van der Waals surface area contributed by atoms with Crippen LogP contribution in [0.1, 0.15) is 13.8 Å². The Morgan fingerprint density at radius 3 is 2.67 bits per heavy atom. The van der Waals surface area contributed by atoms with Gasteiger partial charge in [0.25, 0.3) is 6.02 Å². The summed E-state index contributed by atoms with van der Waals surface area (Å²) in [7, 11) is 0. The van der Waals surface area contributed by atoms with E-state index in [0.29, 0.717) is 18.5 Å². The first-order valence-electron chi connectivity index (χ1n) is 3.16. The van der Waals surface area contributed by atoms with Crippen LogP contribution in [0, 0.1) is 5.92 Å². The van der Waals surface area contributed by atoms with Gasteiger partial charge in [-0.05, 0) is 5.92 Å². The lowest BCUT2D eigenvalue weighted by Crippen LogP contribution is -2.13. The molecule has 3 nitrogen and oxygen atoms in total. The van der Waals surface area contributed by atoms with Crippen molar-refractivity contribution < 1.29 is 4.74 Å². The van der Waals surface area contributed by atoms with Crippen molar-refractivity contribution in [3.8, 4) is 0 Å². The van der Waals surface area contributed by atoms with Gasteiger partial charge in [-0.25, -0.2) is 4.99 Å². The molecular formula is C6H12N2O. The van der Waals surface area contributed by atoms with Crippen molar-refractivity contribution >= 4 is 6.02 Å². The summed E-state index contributed by atoms with van der Waals surface area (Å²) >= 11 is 0. The van der Waals surface area contributed by atoms with Crippen LogP contribution in [0.2, 0.25) is 0 Å². The summed E-state index contributed by atoms with van der Waals surface area (Å²) in [5, 5.41) is 0. The van der Waals surface area contributed by atoms with Gasteiger partial charge in [0.15, 0.2) is 0 Å². The van der Waals surface area contributed by atoms with Crippen LogP contribution in [0.15, 0.2) is 4.99 Å². The molecule has 0 aromatic carbocycles. The number of aliphatic imine (C=N–C) groups is 1. The number of nitrogens with zero attached hydrogens (tertiary/aromatic N) is 1. The largest absolute Gasteiger partial charge is 0.463 e. The van der Waals surface area contributed by atoms with Gasteiger partial charge >= 0.3 is 0 Å². The van der Waals surface area contributed by atoms with Crippen LogP contribution < -0.4 is 5.73 Å². The van der Waals surface area contributed by atoms with Crippen molar-refractivity contribution in [1.29, 1.82) is 0 Å². The monoisotopic (exact) mass is 128 g/mol. The lowest BCUT2D eigenvalue weighted by Gasteiger charge is -2.06. The molecule has 0 bridgehead atoms. The predicted molar refractivity (Wildman–Crippen MR) is 36.2 cm³/mol. The third-order valence-electron chi connectivity index (χ3n) is 1.46. The lowest BCUT2D eigenvalue weighted by atomic mass is 10.1. The molecule has 0 fully saturated rings. The second-order valence-corrected chi connectivity index (χ2v) is 2.59. The summed E-state index contributed by atoms with van der Waals surface area (Å²) in [5.41, 5.74) is 5.29. The van der Waals surface area contributed by atoms with E-state index in [4.69, 9.17) is 10.5 Å². The van der Waals surface area contributed by atoms with Gasteiger partial charge in [0.1, 0.15) is 6.61 Å². The zero-order valence-electron chi connectivity index (χ0n) is 5.79. The summed E-state index contributed by atoms with van der Waals surface area (Å²) in [6.45, 7) is 4.87. The third-order valence-corrected chi connectivity index (χ3v) is 1.46. The molecule has 1 aliphatic rings. The van der Waals surface area contributed by atoms with Crippen molar-refractivity contribution in [2.75, 3.05) is 6.61 Å². The summed E-state index contributed by atoms with van der Waals surface area (Å²) < 4.78 is 4.95. The minimum absolute atomic E-state index is 0.282. The van der Waals surface area contributed by atoms with E-state index in [0.717, 1.165) is 0 Å². The van der Waals surface area contributed by atoms with Crippen LogP contribution in [-0.2, 0) is 4.74 Å². The Hall–Kier alpha value is -0.730. The molecule has 0 aliphatic carbocycles. The first kappa shape index (κ1) is 6.39. The number of ether oxygens (including phenoxy) is 1. The number of nitrogens with two attached hydrogens (primary N) is 1. The molecule has 0 aromatic rings. The highest BCUT2D eigenvalue weighted by Gasteiger charge is 2.19. The highest BCUT2D eigenvalue weighted by atomic mass is 16.5. The summed E-state index contributed by atoms with van der Waals surface area (Å²) in [5.74, 6) is 0.533. The van der Waals surface area contributed by atoms with Crippen LogP contribution in [0.3, 0.4) is 0 Å². The van der Waals surface area contributed by atoms with Crippen LogP contribution in [0.4, 0.5) is 0 Å². The predicted octanol–water partition coefficient (Wildman–Crippen LogP) is 0.356. The highest BCUT2D eigenvalue weighted by Crippen LogP contribution is 2.11. The van der Waals surface area contributed by atoms with Crippen LogP contribution in [0.5, 0.6) is 0 Å². The van der Waals surface area contributed by atoms with E-state index < -0.39 is 0 Å². The van der Waals surface area contributed by atoms with Gasteiger partial charge in [-0.15, -0.1) is 0 Å². The summed E-state index contributed by atoms with van der Waals surface area (Å²) in [6.07, 6.45) is 0. The molecule has 2 N–H and O–H groups in total. The lowest BCUT2D eigenvalue weighted by molar-refractivity contribution is 0.288. The molecule has 0 amide bonds. The van der Waals surface area contributed by atoms with Crippen molar-refractivity contribution in [3.63, 3.8) is 0 Å². The van der Waals surface area contributed by atoms with Crippen LogP contribution >= 0.6 is 0 Å². The van der Waals surface area contributed by atoms with Crippen molar-refractivity contribution in [2.45, 2.75) is 19.9 Å². The van der Waals surface area contributed by atoms with Gasteiger partial charge < -0.3 is 10.5 Å². The maximum atomic E-state index is 5.29.